The van der Waals surface area contributed by atoms with Gasteiger partial charge in [0.25, 0.3) is 0 Å². The van der Waals surface area contributed by atoms with Gasteiger partial charge >= 0.3 is 0 Å². The SMILES string of the molecule is NC(c1nc(Cc2ccccc2F)no1)C1CC1. The first-order valence-corrected chi connectivity index (χ1v) is 6.05. The van der Waals surface area contributed by atoms with Crippen LogP contribution in [-0.2, 0) is 6.42 Å². The van der Waals surface area contributed by atoms with E-state index >= 15 is 0 Å². The van der Waals surface area contributed by atoms with E-state index in [2.05, 4.69) is 10.1 Å². The predicted octanol–water partition coefficient (Wildman–Crippen LogP) is 2.21. The van der Waals surface area contributed by atoms with Gasteiger partial charge in [-0.3, -0.25) is 0 Å². The van der Waals surface area contributed by atoms with Gasteiger partial charge in [0.2, 0.25) is 5.89 Å². The molecule has 1 aromatic heterocycles. The van der Waals surface area contributed by atoms with Crippen LogP contribution in [-0.4, -0.2) is 10.1 Å². The van der Waals surface area contributed by atoms with Gasteiger partial charge in [0, 0.05) is 6.42 Å². The first-order valence-electron chi connectivity index (χ1n) is 6.05. The summed E-state index contributed by atoms with van der Waals surface area (Å²) in [6, 6.07) is 6.41. The Morgan fingerprint density at radius 2 is 2.17 bits per heavy atom. The van der Waals surface area contributed by atoms with E-state index in [9.17, 15) is 4.39 Å². The number of rotatable bonds is 4. The van der Waals surface area contributed by atoms with Crippen molar-refractivity contribution in [3.8, 4) is 0 Å². The summed E-state index contributed by atoms with van der Waals surface area (Å²) >= 11 is 0. The van der Waals surface area contributed by atoms with Gasteiger partial charge in [0.05, 0.1) is 6.04 Å². The number of nitrogens with two attached hydrogens (primary N) is 1. The molecule has 1 atom stereocenters. The highest BCUT2D eigenvalue weighted by molar-refractivity contribution is 5.20. The van der Waals surface area contributed by atoms with Gasteiger partial charge in [0.15, 0.2) is 5.82 Å². The lowest BCUT2D eigenvalue weighted by Crippen LogP contribution is -2.12. The lowest BCUT2D eigenvalue weighted by Gasteiger charge is -2.01. The molecule has 1 unspecified atom stereocenters. The molecule has 4 nitrogen and oxygen atoms in total. The number of hydrogen-bond acceptors (Lipinski definition) is 4. The van der Waals surface area contributed by atoms with Crippen molar-refractivity contribution in [3.63, 3.8) is 0 Å². The number of halogens is 1. The maximum Gasteiger partial charge on any atom is 0.243 e. The summed E-state index contributed by atoms with van der Waals surface area (Å²) in [5.74, 6) is 1.15. The zero-order valence-electron chi connectivity index (χ0n) is 9.84. The molecule has 0 amide bonds. The maximum atomic E-state index is 13.5. The Labute approximate surface area is 104 Å². The van der Waals surface area contributed by atoms with E-state index in [0.717, 1.165) is 12.8 Å². The fourth-order valence-corrected chi connectivity index (χ4v) is 1.94. The van der Waals surface area contributed by atoms with Gasteiger partial charge in [-0.1, -0.05) is 23.4 Å². The van der Waals surface area contributed by atoms with E-state index in [1.54, 1.807) is 18.2 Å². The fourth-order valence-electron chi connectivity index (χ4n) is 1.94. The third-order valence-electron chi connectivity index (χ3n) is 3.21. The van der Waals surface area contributed by atoms with Crippen LogP contribution < -0.4 is 5.73 Å². The molecular formula is C13H14FN3O. The van der Waals surface area contributed by atoms with Crippen LogP contribution in [0.4, 0.5) is 4.39 Å². The van der Waals surface area contributed by atoms with Gasteiger partial charge in [-0.25, -0.2) is 4.39 Å². The zero-order chi connectivity index (χ0) is 12.5. The van der Waals surface area contributed by atoms with E-state index < -0.39 is 0 Å². The van der Waals surface area contributed by atoms with Gasteiger partial charge in [-0.2, -0.15) is 4.98 Å². The Morgan fingerprint density at radius 1 is 1.39 bits per heavy atom. The summed E-state index contributed by atoms with van der Waals surface area (Å²) in [5, 5.41) is 3.85. The van der Waals surface area contributed by atoms with E-state index in [1.165, 1.54) is 6.07 Å². The largest absolute Gasteiger partial charge is 0.338 e. The Balaban J connectivity index is 1.75. The minimum atomic E-state index is -0.254. The number of nitrogens with zero attached hydrogens (tertiary/aromatic N) is 2. The highest BCUT2D eigenvalue weighted by Gasteiger charge is 2.33. The van der Waals surface area contributed by atoms with Crippen LogP contribution in [0.15, 0.2) is 28.8 Å². The van der Waals surface area contributed by atoms with Crippen molar-refractivity contribution < 1.29 is 8.91 Å². The molecule has 1 saturated carbocycles. The molecule has 94 valence electrons. The highest BCUT2D eigenvalue weighted by atomic mass is 19.1. The van der Waals surface area contributed by atoms with Crippen LogP contribution in [0.25, 0.3) is 0 Å². The van der Waals surface area contributed by atoms with Crippen molar-refractivity contribution in [3.05, 3.63) is 47.4 Å². The van der Waals surface area contributed by atoms with Crippen molar-refractivity contribution >= 4 is 0 Å². The second kappa shape index (κ2) is 4.49. The van der Waals surface area contributed by atoms with Gasteiger partial charge in [-0.05, 0) is 30.4 Å². The molecule has 0 bridgehead atoms. The minimum Gasteiger partial charge on any atom is -0.338 e. The molecule has 1 fully saturated rings. The molecule has 5 heteroatoms. The molecule has 2 N–H and O–H groups in total. The lowest BCUT2D eigenvalue weighted by atomic mass is 10.1. The summed E-state index contributed by atoms with van der Waals surface area (Å²) < 4.78 is 18.6. The quantitative estimate of drug-likeness (QED) is 0.899. The molecule has 1 heterocycles. The summed E-state index contributed by atoms with van der Waals surface area (Å²) in [6.07, 6.45) is 2.56. The molecule has 2 aromatic rings. The number of aromatic nitrogens is 2. The van der Waals surface area contributed by atoms with Crippen molar-refractivity contribution in [2.45, 2.75) is 25.3 Å². The number of benzene rings is 1. The van der Waals surface area contributed by atoms with E-state index in [4.69, 9.17) is 10.3 Å². The molecule has 1 aliphatic carbocycles. The van der Waals surface area contributed by atoms with E-state index in [1.807, 2.05) is 0 Å². The molecule has 0 spiro atoms. The van der Waals surface area contributed by atoms with Crippen LogP contribution in [0.2, 0.25) is 0 Å². The molecule has 1 aliphatic rings. The summed E-state index contributed by atoms with van der Waals surface area (Å²) in [5.41, 5.74) is 6.53. The predicted molar refractivity (Wildman–Crippen MR) is 63.2 cm³/mol. The summed E-state index contributed by atoms with van der Waals surface area (Å²) in [6.45, 7) is 0. The van der Waals surface area contributed by atoms with E-state index in [0.29, 0.717) is 29.6 Å². The van der Waals surface area contributed by atoms with E-state index in [-0.39, 0.29) is 11.9 Å². The molecule has 0 aliphatic heterocycles. The molecular weight excluding hydrogens is 233 g/mol. The Kier molecular flexibility index (Phi) is 2.83. The average Bonchev–Trinajstić information content (AvgIpc) is 3.12. The fraction of sp³-hybridized carbons (Fsp3) is 0.385. The average molecular weight is 247 g/mol. The molecule has 3 rings (SSSR count). The van der Waals surface area contributed by atoms with Crippen molar-refractivity contribution in [2.24, 2.45) is 11.7 Å². The first kappa shape index (κ1) is 11.3. The number of hydrogen-bond donors (Lipinski definition) is 1. The summed E-state index contributed by atoms with van der Waals surface area (Å²) in [4.78, 5) is 4.24. The summed E-state index contributed by atoms with van der Waals surface area (Å²) in [7, 11) is 0. The molecule has 18 heavy (non-hydrogen) atoms. The van der Waals surface area contributed by atoms with Crippen molar-refractivity contribution in [1.82, 2.24) is 10.1 Å². The van der Waals surface area contributed by atoms with Crippen LogP contribution >= 0.6 is 0 Å². The third kappa shape index (κ3) is 2.26. The van der Waals surface area contributed by atoms with Crippen LogP contribution in [0.3, 0.4) is 0 Å². The smallest absolute Gasteiger partial charge is 0.243 e. The van der Waals surface area contributed by atoms with Gasteiger partial charge in [0.1, 0.15) is 5.82 Å². The Bertz CT molecular complexity index is 551. The Hall–Kier alpha value is -1.75. The lowest BCUT2D eigenvalue weighted by molar-refractivity contribution is 0.340. The topological polar surface area (TPSA) is 64.9 Å². The molecule has 1 aromatic carbocycles. The minimum absolute atomic E-state index is 0.174. The monoisotopic (exact) mass is 247 g/mol. The van der Waals surface area contributed by atoms with Crippen molar-refractivity contribution in [2.75, 3.05) is 0 Å². The standard InChI is InChI=1S/C13H14FN3O/c14-10-4-2-1-3-9(10)7-11-16-13(18-17-11)12(15)8-5-6-8/h1-4,8,12H,5-7,15H2. The normalized spacial score (nSPS) is 16.8. The highest BCUT2D eigenvalue weighted by Crippen LogP contribution is 2.38. The van der Waals surface area contributed by atoms with Crippen LogP contribution in [0.1, 0.15) is 36.2 Å². The first-order chi connectivity index (χ1) is 8.74. The maximum absolute atomic E-state index is 13.5. The second-order valence-corrected chi connectivity index (χ2v) is 4.68. The van der Waals surface area contributed by atoms with Crippen molar-refractivity contribution in [1.29, 1.82) is 0 Å². The Morgan fingerprint density at radius 3 is 2.89 bits per heavy atom. The second-order valence-electron chi connectivity index (χ2n) is 4.68. The molecule has 0 radical (unpaired) electrons. The van der Waals surface area contributed by atoms with Gasteiger partial charge < -0.3 is 10.3 Å². The van der Waals surface area contributed by atoms with Crippen LogP contribution in [0.5, 0.6) is 0 Å². The third-order valence-corrected chi connectivity index (χ3v) is 3.21. The van der Waals surface area contributed by atoms with Crippen LogP contribution in [0, 0.1) is 11.7 Å². The zero-order valence-corrected chi connectivity index (χ0v) is 9.84. The van der Waals surface area contributed by atoms with Gasteiger partial charge in [-0.15, -0.1) is 0 Å². The molecule has 0 saturated heterocycles.